The number of unbranched alkanes of at least 4 members (excludes halogenated alkanes) is 2. The first-order valence-corrected chi connectivity index (χ1v) is 7.19. The second kappa shape index (κ2) is 6.24. The molecule has 1 aliphatic rings. The minimum Gasteiger partial charge on any atom is -0.493 e. The maximum Gasteiger partial charge on any atom is 0.124 e. The van der Waals surface area contributed by atoms with Crippen molar-refractivity contribution in [3.63, 3.8) is 0 Å². The normalized spacial score (nSPS) is 18.3. The van der Waals surface area contributed by atoms with Crippen LogP contribution in [0.5, 0.6) is 5.75 Å². The van der Waals surface area contributed by atoms with Crippen LogP contribution in [-0.2, 0) is 0 Å². The van der Waals surface area contributed by atoms with Crippen molar-refractivity contribution in [2.24, 2.45) is 0 Å². The summed E-state index contributed by atoms with van der Waals surface area (Å²) in [6, 6.07) is 4.91. The van der Waals surface area contributed by atoms with Gasteiger partial charge in [-0.15, -0.1) is 0 Å². The van der Waals surface area contributed by atoms with Gasteiger partial charge in [-0.2, -0.15) is 0 Å². The molecule has 2 heteroatoms. The van der Waals surface area contributed by atoms with Crippen molar-refractivity contribution >= 4 is 0 Å². The number of hydrogen-bond acceptors (Lipinski definition) is 2. The Kier molecular flexibility index (Phi) is 4.65. The molecule has 0 spiro atoms. The Balaban J connectivity index is 2.07. The number of hydrogen-bond donors (Lipinski definition) is 1. The van der Waals surface area contributed by atoms with Crippen molar-refractivity contribution in [3.8, 4) is 5.75 Å². The Bertz CT molecular complexity index is 400. The lowest BCUT2D eigenvalue weighted by molar-refractivity contribution is 0.251. The summed E-state index contributed by atoms with van der Waals surface area (Å²) >= 11 is 0. The first-order valence-electron chi connectivity index (χ1n) is 7.19. The predicted octanol–water partition coefficient (Wildman–Crippen LogP) is 3.91. The lowest BCUT2D eigenvalue weighted by Crippen LogP contribution is -2.28. The Morgan fingerprint density at radius 2 is 2.11 bits per heavy atom. The van der Waals surface area contributed by atoms with E-state index in [2.05, 4.69) is 38.2 Å². The zero-order valence-electron chi connectivity index (χ0n) is 11.9. The number of fused-ring (bicyclic) bond motifs is 1. The summed E-state index contributed by atoms with van der Waals surface area (Å²) in [6.45, 7) is 8.53. The minimum atomic E-state index is 0.478. The van der Waals surface area contributed by atoms with Crippen molar-refractivity contribution in [2.45, 2.75) is 52.5 Å². The highest BCUT2D eigenvalue weighted by molar-refractivity contribution is 5.46. The van der Waals surface area contributed by atoms with E-state index in [-0.39, 0.29) is 0 Å². The molecule has 0 fully saturated rings. The van der Waals surface area contributed by atoms with Crippen LogP contribution >= 0.6 is 0 Å². The highest BCUT2D eigenvalue weighted by Gasteiger charge is 2.22. The van der Waals surface area contributed by atoms with Crippen LogP contribution in [0.25, 0.3) is 0 Å². The molecule has 0 amide bonds. The topological polar surface area (TPSA) is 21.3 Å². The summed E-state index contributed by atoms with van der Waals surface area (Å²) in [5, 5.41) is 3.69. The minimum absolute atomic E-state index is 0.478. The molecule has 1 aromatic rings. The molecule has 18 heavy (non-hydrogen) atoms. The molecule has 1 unspecified atom stereocenters. The monoisotopic (exact) mass is 247 g/mol. The fraction of sp³-hybridized carbons (Fsp3) is 0.625. The van der Waals surface area contributed by atoms with Crippen LogP contribution < -0.4 is 10.1 Å². The van der Waals surface area contributed by atoms with Gasteiger partial charge in [-0.25, -0.2) is 0 Å². The fourth-order valence-electron chi connectivity index (χ4n) is 2.79. The lowest BCUT2D eigenvalue weighted by atomic mass is 9.94. The number of benzene rings is 1. The standard InChI is InChI=1S/C16H25NO/c1-4-5-6-8-17-14-7-9-18-15-11-12(2)10-13(3)16(14)15/h10-11,14,17H,4-9H2,1-3H3. The van der Waals surface area contributed by atoms with Gasteiger partial charge in [0, 0.05) is 18.0 Å². The average Bonchev–Trinajstić information content (AvgIpc) is 2.34. The molecule has 1 atom stereocenters. The smallest absolute Gasteiger partial charge is 0.124 e. The molecule has 1 heterocycles. The fourth-order valence-corrected chi connectivity index (χ4v) is 2.79. The van der Waals surface area contributed by atoms with Crippen molar-refractivity contribution in [1.29, 1.82) is 0 Å². The second-order valence-electron chi connectivity index (χ2n) is 5.34. The van der Waals surface area contributed by atoms with E-state index in [1.54, 1.807) is 0 Å². The van der Waals surface area contributed by atoms with Crippen molar-refractivity contribution in [1.82, 2.24) is 5.32 Å². The summed E-state index contributed by atoms with van der Waals surface area (Å²) in [7, 11) is 0. The van der Waals surface area contributed by atoms with Crippen molar-refractivity contribution in [2.75, 3.05) is 13.2 Å². The molecule has 0 radical (unpaired) electrons. The van der Waals surface area contributed by atoms with Crippen molar-refractivity contribution < 1.29 is 4.74 Å². The SMILES string of the molecule is CCCCCNC1CCOc2cc(C)cc(C)c21. The van der Waals surface area contributed by atoms with E-state index in [4.69, 9.17) is 4.74 Å². The number of ether oxygens (including phenoxy) is 1. The predicted molar refractivity (Wildman–Crippen MR) is 76.3 cm³/mol. The molecule has 0 aliphatic carbocycles. The van der Waals surface area contributed by atoms with Gasteiger partial charge >= 0.3 is 0 Å². The maximum absolute atomic E-state index is 5.80. The number of nitrogens with one attached hydrogen (secondary N) is 1. The molecule has 100 valence electrons. The van der Waals surface area contributed by atoms with Crippen LogP contribution in [0.4, 0.5) is 0 Å². The Morgan fingerprint density at radius 1 is 1.28 bits per heavy atom. The molecule has 1 aliphatic heterocycles. The van der Waals surface area contributed by atoms with E-state index in [1.807, 2.05) is 0 Å². The molecule has 0 saturated carbocycles. The van der Waals surface area contributed by atoms with Crippen LogP contribution in [0.3, 0.4) is 0 Å². The average molecular weight is 247 g/mol. The zero-order chi connectivity index (χ0) is 13.0. The Hall–Kier alpha value is -1.02. The molecular formula is C16H25NO. The van der Waals surface area contributed by atoms with Crippen LogP contribution in [-0.4, -0.2) is 13.2 Å². The van der Waals surface area contributed by atoms with Crippen LogP contribution in [0.1, 0.15) is 55.3 Å². The van der Waals surface area contributed by atoms with E-state index >= 15 is 0 Å². The highest BCUT2D eigenvalue weighted by Crippen LogP contribution is 2.35. The van der Waals surface area contributed by atoms with Gasteiger partial charge in [0.05, 0.1) is 6.61 Å². The summed E-state index contributed by atoms with van der Waals surface area (Å²) in [5.41, 5.74) is 4.03. The van der Waals surface area contributed by atoms with E-state index in [0.29, 0.717) is 6.04 Å². The van der Waals surface area contributed by atoms with Gasteiger partial charge < -0.3 is 10.1 Å². The van der Waals surface area contributed by atoms with Crippen LogP contribution in [0.2, 0.25) is 0 Å². The molecule has 0 saturated heterocycles. The highest BCUT2D eigenvalue weighted by atomic mass is 16.5. The largest absolute Gasteiger partial charge is 0.493 e. The molecule has 2 nitrogen and oxygen atoms in total. The van der Waals surface area contributed by atoms with Gasteiger partial charge in [0.1, 0.15) is 5.75 Å². The van der Waals surface area contributed by atoms with Crippen LogP contribution in [0.15, 0.2) is 12.1 Å². The van der Waals surface area contributed by atoms with E-state index in [0.717, 1.165) is 25.3 Å². The zero-order valence-corrected chi connectivity index (χ0v) is 11.9. The third-order valence-electron chi connectivity index (χ3n) is 3.68. The maximum atomic E-state index is 5.80. The summed E-state index contributed by atoms with van der Waals surface area (Å²) < 4.78 is 5.80. The first kappa shape index (κ1) is 13.4. The van der Waals surface area contributed by atoms with E-state index in [1.165, 1.54) is 36.0 Å². The number of aryl methyl sites for hydroxylation is 2. The first-order chi connectivity index (χ1) is 8.72. The molecular weight excluding hydrogens is 222 g/mol. The summed E-state index contributed by atoms with van der Waals surface area (Å²) in [5.74, 6) is 1.09. The summed E-state index contributed by atoms with van der Waals surface area (Å²) in [6.07, 6.45) is 4.96. The molecule has 1 aromatic carbocycles. The van der Waals surface area contributed by atoms with Gasteiger partial charge in [-0.1, -0.05) is 25.8 Å². The van der Waals surface area contributed by atoms with Gasteiger partial charge in [-0.3, -0.25) is 0 Å². The van der Waals surface area contributed by atoms with E-state index < -0.39 is 0 Å². The van der Waals surface area contributed by atoms with E-state index in [9.17, 15) is 0 Å². The van der Waals surface area contributed by atoms with Gasteiger partial charge in [0.25, 0.3) is 0 Å². The van der Waals surface area contributed by atoms with Gasteiger partial charge in [0.15, 0.2) is 0 Å². The van der Waals surface area contributed by atoms with Crippen molar-refractivity contribution in [3.05, 3.63) is 28.8 Å². The Labute approximate surface area is 111 Å². The Morgan fingerprint density at radius 3 is 2.89 bits per heavy atom. The molecule has 1 N–H and O–H groups in total. The third-order valence-corrected chi connectivity index (χ3v) is 3.68. The third kappa shape index (κ3) is 3.05. The summed E-state index contributed by atoms with van der Waals surface area (Å²) in [4.78, 5) is 0. The molecule has 0 bridgehead atoms. The molecule has 2 rings (SSSR count). The number of rotatable bonds is 5. The van der Waals surface area contributed by atoms with Crippen LogP contribution in [0, 0.1) is 13.8 Å². The second-order valence-corrected chi connectivity index (χ2v) is 5.34. The van der Waals surface area contributed by atoms with Gasteiger partial charge in [0.2, 0.25) is 0 Å². The lowest BCUT2D eigenvalue weighted by Gasteiger charge is -2.29. The van der Waals surface area contributed by atoms with Gasteiger partial charge in [-0.05, 0) is 44.0 Å². The quantitative estimate of drug-likeness (QED) is 0.797. The molecule has 0 aromatic heterocycles.